The molecule has 2 aliphatic rings. The second-order valence-electron chi connectivity index (χ2n) is 5.46. The van der Waals surface area contributed by atoms with Gasteiger partial charge in [0.25, 0.3) is 0 Å². The molecule has 116 valence electrons. The third-order valence-corrected chi connectivity index (χ3v) is 4.05. The molecule has 1 heterocycles. The van der Waals surface area contributed by atoms with Gasteiger partial charge in [-0.1, -0.05) is 18.9 Å². The van der Waals surface area contributed by atoms with Crippen LogP contribution in [0.5, 0.6) is 11.5 Å². The van der Waals surface area contributed by atoms with Gasteiger partial charge >= 0.3 is 5.97 Å². The van der Waals surface area contributed by atoms with Crippen LogP contribution in [0.1, 0.15) is 31.2 Å². The Morgan fingerprint density at radius 1 is 1.18 bits per heavy atom. The van der Waals surface area contributed by atoms with Crippen LogP contribution >= 0.6 is 0 Å². The summed E-state index contributed by atoms with van der Waals surface area (Å²) in [5, 5.41) is 0. The van der Waals surface area contributed by atoms with E-state index in [0.717, 1.165) is 18.4 Å². The molecule has 5 nitrogen and oxygen atoms in total. The summed E-state index contributed by atoms with van der Waals surface area (Å²) in [6.45, 7) is 0. The molecule has 1 aliphatic heterocycles. The van der Waals surface area contributed by atoms with E-state index in [2.05, 4.69) is 4.99 Å². The van der Waals surface area contributed by atoms with Crippen molar-refractivity contribution in [3.63, 3.8) is 0 Å². The minimum atomic E-state index is -0.378. The SMILES string of the molecule is COc1ccc(/C=C2/N=C(C3CCCC3)OC2=O)cc1OC. The van der Waals surface area contributed by atoms with Crippen LogP contribution in [-0.2, 0) is 9.53 Å². The monoisotopic (exact) mass is 301 g/mol. The number of cyclic esters (lactones) is 1. The van der Waals surface area contributed by atoms with Gasteiger partial charge in [0.05, 0.1) is 14.2 Å². The van der Waals surface area contributed by atoms with Crippen LogP contribution < -0.4 is 9.47 Å². The molecule has 1 aliphatic carbocycles. The van der Waals surface area contributed by atoms with Gasteiger partial charge in [0, 0.05) is 5.92 Å². The highest BCUT2D eigenvalue weighted by Gasteiger charge is 2.30. The quantitative estimate of drug-likeness (QED) is 0.633. The third-order valence-electron chi connectivity index (χ3n) is 4.05. The molecule has 1 fully saturated rings. The molecule has 0 spiro atoms. The maximum atomic E-state index is 12.0. The highest BCUT2D eigenvalue weighted by Crippen LogP contribution is 2.32. The fourth-order valence-corrected chi connectivity index (χ4v) is 2.87. The number of aliphatic imine (C=N–C) groups is 1. The van der Waals surface area contributed by atoms with E-state index in [1.807, 2.05) is 12.1 Å². The van der Waals surface area contributed by atoms with Crippen molar-refractivity contribution < 1.29 is 19.0 Å². The molecule has 1 saturated carbocycles. The van der Waals surface area contributed by atoms with Crippen molar-refractivity contribution in [2.45, 2.75) is 25.7 Å². The summed E-state index contributed by atoms with van der Waals surface area (Å²) < 4.78 is 15.8. The molecule has 0 bridgehead atoms. The topological polar surface area (TPSA) is 57.1 Å². The fourth-order valence-electron chi connectivity index (χ4n) is 2.87. The third kappa shape index (κ3) is 2.84. The number of esters is 1. The molecule has 1 aromatic rings. The highest BCUT2D eigenvalue weighted by atomic mass is 16.6. The van der Waals surface area contributed by atoms with Crippen molar-refractivity contribution in [3.8, 4) is 11.5 Å². The van der Waals surface area contributed by atoms with E-state index in [0.29, 0.717) is 29.0 Å². The fraction of sp³-hybridized carbons (Fsp3) is 0.412. The zero-order valence-electron chi connectivity index (χ0n) is 12.8. The number of hydrogen-bond donors (Lipinski definition) is 0. The van der Waals surface area contributed by atoms with Crippen LogP contribution in [-0.4, -0.2) is 26.1 Å². The van der Waals surface area contributed by atoms with E-state index in [9.17, 15) is 4.79 Å². The Balaban J connectivity index is 1.86. The standard InChI is InChI=1S/C17H19NO4/c1-20-14-8-7-11(10-15(14)21-2)9-13-17(19)22-16(18-13)12-5-3-4-6-12/h7-10,12H,3-6H2,1-2H3/b13-9+. The van der Waals surface area contributed by atoms with Crippen molar-refractivity contribution in [2.24, 2.45) is 10.9 Å². The van der Waals surface area contributed by atoms with Gasteiger partial charge in [-0.15, -0.1) is 0 Å². The molecule has 0 radical (unpaired) electrons. The maximum Gasteiger partial charge on any atom is 0.363 e. The summed E-state index contributed by atoms with van der Waals surface area (Å²) in [6.07, 6.45) is 6.17. The summed E-state index contributed by atoms with van der Waals surface area (Å²) >= 11 is 0. The lowest BCUT2D eigenvalue weighted by molar-refractivity contribution is -0.130. The van der Waals surface area contributed by atoms with E-state index in [1.165, 1.54) is 12.8 Å². The van der Waals surface area contributed by atoms with Crippen molar-refractivity contribution in [2.75, 3.05) is 14.2 Å². The van der Waals surface area contributed by atoms with Gasteiger partial charge in [-0.3, -0.25) is 0 Å². The molecule has 3 rings (SSSR count). The van der Waals surface area contributed by atoms with E-state index >= 15 is 0 Å². The molecule has 5 heteroatoms. The number of carbonyl (C=O) groups is 1. The lowest BCUT2D eigenvalue weighted by Crippen LogP contribution is -2.12. The number of benzene rings is 1. The summed E-state index contributed by atoms with van der Waals surface area (Å²) in [6, 6.07) is 5.46. The Morgan fingerprint density at radius 3 is 2.59 bits per heavy atom. The smallest absolute Gasteiger partial charge is 0.363 e. The summed E-state index contributed by atoms with van der Waals surface area (Å²) in [5.41, 5.74) is 1.16. The minimum absolute atomic E-state index is 0.292. The molecule has 0 saturated heterocycles. The highest BCUT2D eigenvalue weighted by molar-refractivity contribution is 6.07. The summed E-state index contributed by atoms with van der Waals surface area (Å²) in [5.74, 6) is 1.75. The first-order valence-corrected chi connectivity index (χ1v) is 7.45. The van der Waals surface area contributed by atoms with Crippen LogP contribution in [0, 0.1) is 5.92 Å². The van der Waals surface area contributed by atoms with Crippen LogP contribution in [0.3, 0.4) is 0 Å². The number of nitrogens with zero attached hydrogens (tertiary/aromatic N) is 1. The average molecular weight is 301 g/mol. The lowest BCUT2D eigenvalue weighted by atomic mass is 10.1. The zero-order valence-corrected chi connectivity index (χ0v) is 12.8. The van der Waals surface area contributed by atoms with Crippen molar-refractivity contribution in [3.05, 3.63) is 29.5 Å². The molecule has 0 aromatic heterocycles. The summed E-state index contributed by atoms with van der Waals surface area (Å²) in [4.78, 5) is 16.3. The molecule has 0 amide bonds. The predicted molar refractivity (Wildman–Crippen MR) is 83.0 cm³/mol. The largest absolute Gasteiger partial charge is 0.493 e. The van der Waals surface area contributed by atoms with E-state index < -0.39 is 0 Å². The van der Waals surface area contributed by atoms with E-state index in [1.54, 1.807) is 26.4 Å². The van der Waals surface area contributed by atoms with Crippen LogP contribution in [0.2, 0.25) is 0 Å². The lowest BCUT2D eigenvalue weighted by Gasteiger charge is -2.07. The van der Waals surface area contributed by atoms with Gasteiger partial charge in [-0.25, -0.2) is 9.79 Å². The second kappa shape index (κ2) is 6.22. The van der Waals surface area contributed by atoms with Crippen LogP contribution in [0.15, 0.2) is 28.9 Å². The Labute approximate surface area is 129 Å². The van der Waals surface area contributed by atoms with Gasteiger partial charge in [0.2, 0.25) is 5.90 Å². The Bertz CT molecular complexity index is 642. The molecule has 0 N–H and O–H groups in total. The number of hydrogen-bond acceptors (Lipinski definition) is 5. The first kappa shape index (κ1) is 14.6. The molecule has 0 unspecified atom stereocenters. The van der Waals surface area contributed by atoms with E-state index in [-0.39, 0.29) is 5.97 Å². The number of rotatable bonds is 4. The zero-order chi connectivity index (χ0) is 15.5. The molecule has 1 aromatic carbocycles. The van der Waals surface area contributed by atoms with Crippen LogP contribution in [0.25, 0.3) is 6.08 Å². The van der Waals surface area contributed by atoms with Crippen molar-refractivity contribution in [1.29, 1.82) is 0 Å². The Kier molecular flexibility index (Phi) is 4.13. The van der Waals surface area contributed by atoms with Crippen molar-refractivity contribution in [1.82, 2.24) is 0 Å². The van der Waals surface area contributed by atoms with Gasteiger partial charge in [0.1, 0.15) is 0 Å². The van der Waals surface area contributed by atoms with Crippen LogP contribution in [0.4, 0.5) is 0 Å². The molecule has 22 heavy (non-hydrogen) atoms. The van der Waals surface area contributed by atoms with E-state index in [4.69, 9.17) is 14.2 Å². The Hall–Kier alpha value is -2.30. The van der Waals surface area contributed by atoms with Gasteiger partial charge < -0.3 is 14.2 Å². The van der Waals surface area contributed by atoms with Gasteiger partial charge in [0.15, 0.2) is 17.2 Å². The molecular weight excluding hydrogens is 282 g/mol. The predicted octanol–water partition coefficient (Wildman–Crippen LogP) is 3.19. The first-order valence-electron chi connectivity index (χ1n) is 7.45. The number of ether oxygens (including phenoxy) is 3. The van der Waals surface area contributed by atoms with Crippen molar-refractivity contribution >= 4 is 17.9 Å². The maximum absolute atomic E-state index is 12.0. The summed E-state index contributed by atoms with van der Waals surface area (Å²) in [7, 11) is 3.16. The van der Waals surface area contributed by atoms with Gasteiger partial charge in [-0.2, -0.15) is 0 Å². The normalized spacial score (nSPS) is 20.2. The number of carbonyl (C=O) groups excluding carboxylic acids is 1. The minimum Gasteiger partial charge on any atom is -0.493 e. The molecule has 0 atom stereocenters. The second-order valence-corrected chi connectivity index (χ2v) is 5.46. The molecular formula is C17H19NO4. The number of methoxy groups -OCH3 is 2. The van der Waals surface area contributed by atoms with Gasteiger partial charge in [-0.05, 0) is 36.6 Å². The average Bonchev–Trinajstić information content (AvgIpc) is 3.17. The first-order chi connectivity index (χ1) is 10.7. The Morgan fingerprint density at radius 2 is 1.91 bits per heavy atom.